The number of carbonyl (C=O) groups excluding carboxylic acids is 2. The first kappa shape index (κ1) is 18.6. The lowest BCUT2D eigenvalue weighted by molar-refractivity contribution is 0.0763. The Bertz CT molecular complexity index is 974. The molecule has 0 aliphatic heterocycles. The number of aromatic nitrogens is 2. The fraction of sp³-hybridized carbons (Fsp3) is 0.368. The molecule has 2 aromatic rings. The summed E-state index contributed by atoms with van der Waals surface area (Å²) >= 11 is 0. The smallest absolute Gasteiger partial charge is 0.270 e. The van der Waals surface area contributed by atoms with Crippen molar-refractivity contribution in [3.8, 4) is 0 Å². The maximum absolute atomic E-state index is 12.5. The van der Waals surface area contributed by atoms with Crippen molar-refractivity contribution < 1.29 is 9.59 Å². The third-order valence-electron chi connectivity index (χ3n) is 4.42. The van der Waals surface area contributed by atoms with E-state index in [4.69, 9.17) is 0 Å². The number of hydrogen-bond acceptors (Lipinski definition) is 4. The van der Waals surface area contributed by atoms with Crippen LogP contribution in [0.3, 0.4) is 0 Å². The maximum atomic E-state index is 12.5. The lowest BCUT2D eigenvalue weighted by Crippen LogP contribution is -2.43. The lowest BCUT2D eigenvalue weighted by atomic mass is 10.1. The number of pyridine rings is 2. The number of rotatable bonds is 6. The highest BCUT2D eigenvalue weighted by molar-refractivity contribution is 5.94. The van der Waals surface area contributed by atoms with Crippen LogP contribution < -0.4 is 16.4 Å². The Morgan fingerprint density at radius 1 is 1.19 bits per heavy atom. The van der Waals surface area contributed by atoms with Crippen LogP contribution in [0.5, 0.6) is 0 Å². The highest BCUT2D eigenvalue weighted by Gasteiger charge is 2.26. The third-order valence-corrected chi connectivity index (χ3v) is 4.42. The van der Waals surface area contributed by atoms with E-state index < -0.39 is 0 Å². The molecule has 1 saturated carbocycles. The van der Waals surface area contributed by atoms with E-state index in [0.717, 1.165) is 18.5 Å². The molecular weight excluding hydrogens is 348 g/mol. The van der Waals surface area contributed by atoms with E-state index in [0.29, 0.717) is 11.5 Å². The number of likely N-dealkylation sites (N-methyl/N-ethyl adjacent to an activating group) is 1. The SMILES string of the molecule is CC(CN(C)C(=O)c1cccc(=O)[nH]1)NC(=O)c1cc(C2CC2)[nH]c(=O)c1. The van der Waals surface area contributed by atoms with Crippen LogP contribution in [0.4, 0.5) is 0 Å². The zero-order valence-electron chi connectivity index (χ0n) is 15.2. The van der Waals surface area contributed by atoms with Crippen LogP contribution in [0.1, 0.15) is 52.2 Å². The van der Waals surface area contributed by atoms with Gasteiger partial charge in [0.1, 0.15) is 5.69 Å². The topological polar surface area (TPSA) is 115 Å². The molecule has 1 aliphatic rings. The van der Waals surface area contributed by atoms with Gasteiger partial charge in [0, 0.05) is 43.0 Å². The van der Waals surface area contributed by atoms with Crippen molar-refractivity contribution in [1.29, 1.82) is 0 Å². The number of nitrogens with zero attached hydrogens (tertiary/aromatic N) is 1. The maximum Gasteiger partial charge on any atom is 0.270 e. The van der Waals surface area contributed by atoms with E-state index in [9.17, 15) is 19.2 Å². The molecule has 3 rings (SSSR count). The molecule has 0 aromatic carbocycles. The van der Waals surface area contributed by atoms with Crippen LogP contribution in [-0.4, -0.2) is 46.3 Å². The van der Waals surface area contributed by atoms with Crippen molar-refractivity contribution in [1.82, 2.24) is 20.2 Å². The summed E-state index contributed by atoms with van der Waals surface area (Å²) in [6.45, 7) is 2.02. The van der Waals surface area contributed by atoms with E-state index in [-0.39, 0.29) is 41.2 Å². The number of H-pyrrole nitrogens is 2. The molecule has 1 unspecified atom stereocenters. The molecule has 1 atom stereocenters. The van der Waals surface area contributed by atoms with E-state index in [1.807, 2.05) is 0 Å². The molecule has 27 heavy (non-hydrogen) atoms. The second kappa shape index (κ2) is 7.61. The summed E-state index contributed by atoms with van der Waals surface area (Å²) < 4.78 is 0. The predicted molar refractivity (Wildman–Crippen MR) is 100.0 cm³/mol. The minimum atomic E-state index is -0.357. The summed E-state index contributed by atoms with van der Waals surface area (Å²) in [6.07, 6.45) is 2.04. The van der Waals surface area contributed by atoms with Gasteiger partial charge in [-0.05, 0) is 37.8 Å². The molecule has 1 fully saturated rings. The molecule has 2 heterocycles. The normalized spacial score (nSPS) is 14.4. The predicted octanol–water partition coefficient (Wildman–Crippen LogP) is 0.831. The number of carbonyl (C=O) groups is 2. The fourth-order valence-corrected chi connectivity index (χ4v) is 2.93. The van der Waals surface area contributed by atoms with Gasteiger partial charge in [0.05, 0.1) is 0 Å². The van der Waals surface area contributed by atoms with Gasteiger partial charge in [0.15, 0.2) is 0 Å². The summed E-state index contributed by atoms with van der Waals surface area (Å²) in [5, 5.41) is 2.80. The molecule has 0 spiro atoms. The summed E-state index contributed by atoms with van der Waals surface area (Å²) in [6, 6.07) is 7.01. The number of hydrogen-bond donors (Lipinski definition) is 3. The first-order valence-corrected chi connectivity index (χ1v) is 8.83. The van der Waals surface area contributed by atoms with Crippen molar-refractivity contribution in [3.05, 3.63) is 68.0 Å². The minimum absolute atomic E-state index is 0.187. The minimum Gasteiger partial charge on any atom is -0.348 e. The zero-order valence-corrected chi connectivity index (χ0v) is 15.2. The second-order valence-electron chi connectivity index (χ2n) is 6.95. The van der Waals surface area contributed by atoms with Crippen LogP contribution in [0.15, 0.2) is 39.9 Å². The van der Waals surface area contributed by atoms with Crippen LogP contribution in [0.2, 0.25) is 0 Å². The standard InChI is InChI=1S/C19H22N4O4/c1-11(10-23(2)19(27)14-4-3-5-16(24)21-14)20-18(26)13-8-15(12-6-7-12)22-17(25)9-13/h3-5,8-9,11-12H,6-7,10H2,1-2H3,(H,20,26)(H,21,24)(H,22,25). The molecule has 8 heteroatoms. The summed E-state index contributed by atoms with van der Waals surface area (Å²) in [5.74, 6) is -0.370. The first-order chi connectivity index (χ1) is 12.8. The average molecular weight is 370 g/mol. The summed E-state index contributed by atoms with van der Waals surface area (Å²) in [4.78, 5) is 54.6. The number of amides is 2. The van der Waals surface area contributed by atoms with Crippen molar-refractivity contribution in [2.45, 2.75) is 31.7 Å². The first-order valence-electron chi connectivity index (χ1n) is 8.83. The highest BCUT2D eigenvalue weighted by Crippen LogP contribution is 2.38. The van der Waals surface area contributed by atoms with Gasteiger partial charge in [-0.25, -0.2) is 0 Å². The molecule has 0 saturated heterocycles. The largest absolute Gasteiger partial charge is 0.348 e. The Hall–Kier alpha value is -3.16. The van der Waals surface area contributed by atoms with Gasteiger partial charge in [-0.15, -0.1) is 0 Å². The van der Waals surface area contributed by atoms with E-state index in [2.05, 4.69) is 15.3 Å². The Kier molecular flexibility index (Phi) is 5.25. The third kappa shape index (κ3) is 4.72. The zero-order chi connectivity index (χ0) is 19.6. The van der Waals surface area contributed by atoms with Crippen LogP contribution in [0, 0.1) is 0 Å². The molecule has 0 radical (unpaired) electrons. The van der Waals surface area contributed by atoms with Crippen molar-refractivity contribution in [3.63, 3.8) is 0 Å². The Morgan fingerprint density at radius 3 is 2.59 bits per heavy atom. The van der Waals surface area contributed by atoms with Gasteiger partial charge in [0.2, 0.25) is 11.1 Å². The summed E-state index contributed by atoms with van der Waals surface area (Å²) in [5.41, 5.74) is 0.649. The molecule has 2 aromatic heterocycles. The van der Waals surface area contributed by atoms with Gasteiger partial charge >= 0.3 is 0 Å². The van der Waals surface area contributed by atoms with Gasteiger partial charge in [-0.1, -0.05) is 6.07 Å². The van der Waals surface area contributed by atoms with E-state index in [1.54, 1.807) is 20.0 Å². The second-order valence-corrected chi connectivity index (χ2v) is 6.95. The monoisotopic (exact) mass is 370 g/mol. The molecule has 0 bridgehead atoms. The van der Waals surface area contributed by atoms with Crippen molar-refractivity contribution >= 4 is 11.8 Å². The Morgan fingerprint density at radius 2 is 1.93 bits per heavy atom. The molecule has 1 aliphatic carbocycles. The van der Waals surface area contributed by atoms with Gasteiger partial charge < -0.3 is 20.2 Å². The van der Waals surface area contributed by atoms with Crippen LogP contribution in [-0.2, 0) is 0 Å². The summed E-state index contributed by atoms with van der Waals surface area (Å²) in [7, 11) is 1.59. The van der Waals surface area contributed by atoms with Crippen molar-refractivity contribution in [2.24, 2.45) is 0 Å². The number of aromatic amines is 2. The van der Waals surface area contributed by atoms with E-state index in [1.165, 1.54) is 29.2 Å². The van der Waals surface area contributed by atoms with Gasteiger partial charge in [-0.3, -0.25) is 19.2 Å². The molecule has 142 valence electrons. The lowest BCUT2D eigenvalue weighted by Gasteiger charge is -2.22. The number of nitrogens with one attached hydrogen (secondary N) is 3. The van der Waals surface area contributed by atoms with Crippen molar-refractivity contribution in [2.75, 3.05) is 13.6 Å². The van der Waals surface area contributed by atoms with Crippen LogP contribution >= 0.6 is 0 Å². The molecule has 3 N–H and O–H groups in total. The molecule has 8 nitrogen and oxygen atoms in total. The van der Waals surface area contributed by atoms with Gasteiger partial charge in [-0.2, -0.15) is 0 Å². The molecular formula is C19H22N4O4. The van der Waals surface area contributed by atoms with Gasteiger partial charge in [0.25, 0.3) is 11.8 Å². The Labute approximate surface area is 155 Å². The highest BCUT2D eigenvalue weighted by atomic mass is 16.2. The fourth-order valence-electron chi connectivity index (χ4n) is 2.93. The van der Waals surface area contributed by atoms with E-state index >= 15 is 0 Å². The quantitative estimate of drug-likeness (QED) is 0.698. The molecule has 2 amide bonds. The Balaban J connectivity index is 1.62. The average Bonchev–Trinajstić information content (AvgIpc) is 3.45. The van der Waals surface area contributed by atoms with Crippen LogP contribution in [0.25, 0.3) is 0 Å².